The molecular weight excluding hydrogens is 575 g/mol. The number of carbonyl (C=O) groups excluding carboxylic acids is 1. The molecule has 5 rings (SSSR count). The number of benzene rings is 3. The molecular formula is C32H34F3N5O4. The first kappa shape index (κ1) is 31.0. The number of halogens is 3. The zero-order valence-electron chi connectivity index (χ0n) is 25.0. The fourth-order valence-electron chi connectivity index (χ4n) is 5.16. The normalized spacial score (nSPS) is 14.4. The van der Waals surface area contributed by atoms with E-state index in [0.717, 1.165) is 31.3 Å². The molecule has 1 saturated heterocycles. The largest absolute Gasteiger partial charge is 0.493 e. The Hall–Kier alpha value is -4.42. The Morgan fingerprint density at radius 2 is 1.61 bits per heavy atom. The summed E-state index contributed by atoms with van der Waals surface area (Å²) in [6.07, 6.45) is -3.22. The van der Waals surface area contributed by atoms with E-state index in [-0.39, 0.29) is 29.2 Å². The third kappa shape index (κ3) is 6.87. The molecule has 0 radical (unpaired) electrons. The summed E-state index contributed by atoms with van der Waals surface area (Å²) >= 11 is 0. The van der Waals surface area contributed by atoms with Gasteiger partial charge in [0.2, 0.25) is 5.88 Å². The molecule has 9 nitrogen and oxygen atoms in total. The van der Waals surface area contributed by atoms with Crippen LogP contribution in [0.5, 0.6) is 23.1 Å². The summed E-state index contributed by atoms with van der Waals surface area (Å²) in [5.41, 5.74) is 0.952. The zero-order chi connectivity index (χ0) is 31.4. The van der Waals surface area contributed by atoms with Crippen LogP contribution in [-0.2, 0) is 12.7 Å². The number of aromatic nitrogens is 2. The number of anilines is 1. The van der Waals surface area contributed by atoms with Gasteiger partial charge in [-0.3, -0.25) is 9.69 Å². The number of ether oxygens (including phenoxy) is 3. The molecule has 1 amide bonds. The smallest absolute Gasteiger partial charge is 0.416 e. The van der Waals surface area contributed by atoms with Crippen molar-refractivity contribution in [1.29, 1.82) is 0 Å². The van der Waals surface area contributed by atoms with E-state index in [1.807, 2.05) is 4.90 Å². The molecule has 1 aromatic heterocycles. The summed E-state index contributed by atoms with van der Waals surface area (Å²) in [6, 6.07) is 12.1. The van der Waals surface area contributed by atoms with Crippen molar-refractivity contribution in [3.63, 3.8) is 0 Å². The van der Waals surface area contributed by atoms with Crippen molar-refractivity contribution in [2.75, 3.05) is 52.3 Å². The van der Waals surface area contributed by atoms with E-state index in [1.165, 1.54) is 38.7 Å². The summed E-state index contributed by atoms with van der Waals surface area (Å²) < 4.78 is 59.1. The Kier molecular flexibility index (Phi) is 9.21. The summed E-state index contributed by atoms with van der Waals surface area (Å²) in [5.74, 6) is 0.967. The minimum absolute atomic E-state index is 0.0488. The zero-order valence-corrected chi connectivity index (χ0v) is 25.0. The summed E-state index contributed by atoms with van der Waals surface area (Å²) in [5, 5.41) is 3.17. The lowest BCUT2D eigenvalue weighted by Gasteiger charge is -2.34. The number of methoxy groups -OCH3 is 2. The summed E-state index contributed by atoms with van der Waals surface area (Å²) in [6.45, 7) is 8.05. The van der Waals surface area contributed by atoms with Crippen LogP contribution in [0.3, 0.4) is 0 Å². The van der Waals surface area contributed by atoms with Crippen molar-refractivity contribution in [1.82, 2.24) is 19.8 Å². The molecule has 12 heteroatoms. The Balaban J connectivity index is 1.36. The Labute approximate surface area is 253 Å². The molecule has 0 saturated carbocycles. The number of aryl methyl sites for hydroxylation is 1. The van der Waals surface area contributed by atoms with Crippen molar-refractivity contribution in [3.05, 3.63) is 77.1 Å². The van der Waals surface area contributed by atoms with Gasteiger partial charge in [0.05, 0.1) is 30.7 Å². The lowest BCUT2D eigenvalue weighted by molar-refractivity contribution is -0.138. The molecule has 3 aromatic carbocycles. The third-order valence-corrected chi connectivity index (χ3v) is 7.74. The van der Waals surface area contributed by atoms with E-state index in [9.17, 15) is 18.0 Å². The number of piperazine rings is 1. The number of alkyl halides is 3. The number of nitrogens with zero attached hydrogens (tertiary/aromatic N) is 4. The molecule has 0 bridgehead atoms. The Morgan fingerprint density at radius 3 is 2.30 bits per heavy atom. The standard InChI is InChI=1S/C32H34F3N5O4/c1-5-39-10-12-40(13-11-39)18-22-8-9-23(15-25(22)32(33,34)35)38-30(41)21-7-6-20(2)27(14-21)44-31-24-16-28(42-3)29(43-4)17-26(24)36-19-37-31/h6-9,14-17,19H,5,10-13,18H2,1-4H3,(H,38,41). The number of nitrogens with one attached hydrogen (secondary N) is 1. The van der Waals surface area contributed by atoms with Crippen molar-refractivity contribution in [2.45, 2.75) is 26.6 Å². The van der Waals surface area contributed by atoms with Crippen molar-refractivity contribution in [2.24, 2.45) is 0 Å². The molecule has 0 atom stereocenters. The van der Waals surface area contributed by atoms with Crippen LogP contribution < -0.4 is 19.5 Å². The van der Waals surface area contributed by atoms with Crippen LogP contribution in [0.2, 0.25) is 0 Å². The highest BCUT2D eigenvalue weighted by atomic mass is 19.4. The minimum atomic E-state index is -4.57. The number of likely N-dealkylation sites (N-methyl/N-ethyl adjacent to an activating group) is 1. The lowest BCUT2D eigenvalue weighted by atomic mass is 10.0. The SMILES string of the molecule is CCN1CCN(Cc2ccc(NC(=O)c3ccc(C)c(Oc4ncnc5cc(OC)c(OC)cc45)c3)cc2C(F)(F)F)CC1. The number of rotatable bonds is 9. The second kappa shape index (κ2) is 13.1. The van der Waals surface area contributed by atoms with Gasteiger partial charge >= 0.3 is 6.18 Å². The molecule has 1 N–H and O–H groups in total. The van der Waals surface area contributed by atoms with Crippen LogP contribution in [0.1, 0.15) is 34.0 Å². The molecule has 4 aromatic rings. The molecule has 1 fully saturated rings. The highest BCUT2D eigenvalue weighted by Crippen LogP contribution is 2.37. The van der Waals surface area contributed by atoms with E-state index in [2.05, 4.69) is 27.1 Å². The fourth-order valence-corrected chi connectivity index (χ4v) is 5.16. The minimum Gasteiger partial charge on any atom is -0.493 e. The summed E-state index contributed by atoms with van der Waals surface area (Å²) in [4.78, 5) is 26.0. The number of hydrogen-bond acceptors (Lipinski definition) is 8. The quantitative estimate of drug-likeness (QED) is 0.242. The van der Waals surface area contributed by atoms with E-state index in [4.69, 9.17) is 14.2 Å². The molecule has 0 unspecified atom stereocenters. The van der Waals surface area contributed by atoms with Gasteiger partial charge in [-0.05, 0) is 54.9 Å². The van der Waals surface area contributed by atoms with Crippen LogP contribution in [0.4, 0.5) is 18.9 Å². The first-order valence-electron chi connectivity index (χ1n) is 14.2. The third-order valence-electron chi connectivity index (χ3n) is 7.74. The molecule has 0 spiro atoms. The lowest BCUT2D eigenvalue weighted by Crippen LogP contribution is -2.45. The summed E-state index contributed by atoms with van der Waals surface area (Å²) in [7, 11) is 3.04. The maximum atomic E-state index is 14.1. The van der Waals surface area contributed by atoms with Gasteiger partial charge in [0, 0.05) is 50.0 Å². The van der Waals surface area contributed by atoms with Crippen molar-refractivity contribution in [3.8, 4) is 23.1 Å². The van der Waals surface area contributed by atoms with E-state index in [1.54, 1.807) is 31.2 Å². The highest BCUT2D eigenvalue weighted by molar-refractivity contribution is 6.04. The fraction of sp³-hybridized carbons (Fsp3) is 0.344. The van der Waals surface area contributed by atoms with E-state index >= 15 is 0 Å². The number of carbonyl (C=O) groups is 1. The van der Waals surface area contributed by atoms with Gasteiger partial charge in [0.1, 0.15) is 12.1 Å². The first-order chi connectivity index (χ1) is 21.1. The number of fused-ring (bicyclic) bond motifs is 1. The van der Waals surface area contributed by atoms with Crippen LogP contribution in [0.15, 0.2) is 54.9 Å². The highest BCUT2D eigenvalue weighted by Gasteiger charge is 2.34. The maximum absolute atomic E-state index is 14.1. The number of amides is 1. The molecule has 2 heterocycles. The van der Waals surface area contributed by atoms with Gasteiger partial charge in [-0.15, -0.1) is 0 Å². The maximum Gasteiger partial charge on any atom is 0.416 e. The van der Waals surface area contributed by atoms with Crippen LogP contribution in [0.25, 0.3) is 10.9 Å². The van der Waals surface area contributed by atoms with Gasteiger partial charge < -0.3 is 24.4 Å². The molecule has 44 heavy (non-hydrogen) atoms. The Morgan fingerprint density at radius 1 is 0.909 bits per heavy atom. The van der Waals surface area contributed by atoms with Gasteiger partial charge in [0.15, 0.2) is 11.5 Å². The van der Waals surface area contributed by atoms with E-state index < -0.39 is 17.6 Å². The second-order valence-electron chi connectivity index (χ2n) is 10.5. The molecule has 232 valence electrons. The van der Waals surface area contributed by atoms with Crippen molar-refractivity contribution >= 4 is 22.5 Å². The molecule has 1 aliphatic heterocycles. The van der Waals surface area contributed by atoms with Crippen LogP contribution in [-0.4, -0.2) is 72.6 Å². The van der Waals surface area contributed by atoms with Gasteiger partial charge in [-0.2, -0.15) is 13.2 Å². The first-order valence-corrected chi connectivity index (χ1v) is 14.2. The second-order valence-corrected chi connectivity index (χ2v) is 10.5. The Bertz CT molecular complexity index is 1660. The predicted octanol–water partition coefficient (Wildman–Crippen LogP) is 6.16. The van der Waals surface area contributed by atoms with Gasteiger partial charge in [-0.25, -0.2) is 9.97 Å². The topological polar surface area (TPSA) is 89.1 Å². The molecule has 0 aliphatic carbocycles. The average Bonchev–Trinajstić information content (AvgIpc) is 3.02. The van der Waals surface area contributed by atoms with Gasteiger partial charge in [0.25, 0.3) is 5.91 Å². The van der Waals surface area contributed by atoms with Gasteiger partial charge in [-0.1, -0.05) is 19.1 Å². The average molecular weight is 610 g/mol. The molecule has 1 aliphatic rings. The van der Waals surface area contributed by atoms with E-state index in [0.29, 0.717) is 41.2 Å². The predicted molar refractivity (Wildman–Crippen MR) is 161 cm³/mol. The van der Waals surface area contributed by atoms with Crippen molar-refractivity contribution < 1.29 is 32.2 Å². The van der Waals surface area contributed by atoms with Crippen LogP contribution >= 0.6 is 0 Å². The number of hydrogen-bond donors (Lipinski definition) is 1. The van der Waals surface area contributed by atoms with Crippen LogP contribution in [0, 0.1) is 6.92 Å². The monoisotopic (exact) mass is 609 g/mol.